The lowest BCUT2D eigenvalue weighted by atomic mass is 9.93. The predicted octanol–water partition coefficient (Wildman–Crippen LogP) is 2.38. The highest BCUT2D eigenvalue weighted by atomic mass is 19.3. The molecule has 0 aliphatic heterocycles. The van der Waals surface area contributed by atoms with Gasteiger partial charge in [-0.3, -0.25) is 4.68 Å². The smallest absolute Gasteiger partial charge is 0.248 e. The fraction of sp³-hybridized carbons (Fsp3) is 0.769. The second-order valence-corrected chi connectivity index (χ2v) is 5.24. The van der Waals surface area contributed by atoms with Crippen LogP contribution in [0.15, 0.2) is 12.3 Å². The summed E-state index contributed by atoms with van der Waals surface area (Å²) in [6.07, 6.45) is 4.24. The second kappa shape index (κ2) is 5.34. The van der Waals surface area contributed by atoms with E-state index in [2.05, 4.69) is 10.4 Å². The van der Waals surface area contributed by atoms with Crippen LogP contribution in [0.1, 0.15) is 31.4 Å². The number of nitrogens with one attached hydrogen (secondary N) is 1. The zero-order chi connectivity index (χ0) is 13.2. The van der Waals surface area contributed by atoms with Crippen LogP contribution in [0.3, 0.4) is 0 Å². The molecule has 0 spiro atoms. The number of alkyl halides is 2. The Morgan fingerprint density at radius 3 is 2.89 bits per heavy atom. The van der Waals surface area contributed by atoms with Crippen molar-refractivity contribution in [1.82, 2.24) is 15.1 Å². The maximum atomic E-state index is 13.2. The molecule has 18 heavy (non-hydrogen) atoms. The number of nitrogens with zero attached hydrogens (tertiary/aromatic N) is 2. The average Bonchev–Trinajstić information content (AvgIpc) is 2.87. The first-order chi connectivity index (χ1) is 8.52. The van der Waals surface area contributed by atoms with Crippen molar-refractivity contribution >= 4 is 0 Å². The number of aromatic nitrogens is 2. The highest BCUT2D eigenvalue weighted by Gasteiger charge is 2.41. The van der Waals surface area contributed by atoms with E-state index >= 15 is 0 Å². The summed E-state index contributed by atoms with van der Waals surface area (Å²) < 4.78 is 28.3. The van der Waals surface area contributed by atoms with E-state index in [0.29, 0.717) is 6.42 Å². The molecule has 102 valence electrons. The molecule has 0 bridgehead atoms. The first-order valence-corrected chi connectivity index (χ1v) is 6.54. The van der Waals surface area contributed by atoms with Crippen LogP contribution >= 0.6 is 0 Å². The third-order valence-corrected chi connectivity index (χ3v) is 4.02. The molecular formula is C13H21F2N3. The van der Waals surface area contributed by atoms with Crippen molar-refractivity contribution in [2.24, 2.45) is 13.0 Å². The minimum Gasteiger partial charge on any atom is -0.317 e. The zero-order valence-electron chi connectivity index (χ0n) is 11.0. The molecule has 0 amide bonds. The van der Waals surface area contributed by atoms with Gasteiger partial charge < -0.3 is 5.32 Å². The Hall–Kier alpha value is -0.970. The van der Waals surface area contributed by atoms with E-state index in [1.807, 2.05) is 24.8 Å². The fourth-order valence-corrected chi connectivity index (χ4v) is 2.89. The molecule has 1 aliphatic carbocycles. The van der Waals surface area contributed by atoms with Crippen LogP contribution in [0.4, 0.5) is 8.78 Å². The highest BCUT2D eigenvalue weighted by molar-refractivity contribution is 5.01. The molecule has 0 aromatic carbocycles. The van der Waals surface area contributed by atoms with Crippen LogP contribution in [-0.2, 0) is 13.5 Å². The molecule has 1 aromatic heterocycles. The van der Waals surface area contributed by atoms with E-state index in [4.69, 9.17) is 0 Å². The molecule has 1 saturated carbocycles. The number of hydrogen-bond acceptors (Lipinski definition) is 2. The molecule has 3 nitrogen and oxygen atoms in total. The van der Waals surface area contributed by atoms with Gasteiger partial charge >= 0.3 is 0 Å². The molecule has 2 atom stereocenters. The highest BCUT2D eigenvalue weighted by Crippen LogP contribution is 2.41. The number of halogens is 2. The standard InChI is InChI=1S/C13H21F2N3/c1-16-12(10-5-7-13(14,15)9-10)4-3-11-6-8-17-18(11)2/h6,8,10,12,16H,3-5,7,9H2,1-2H3. The second-order valence-electron chi connectivity index (χ2n) is 5.24. The van der Waals surface area contributed by atoms with Gasteiger partial charge in [-0.2, -0.15) is 5.10 Å². The Bertz CT molecular complexity index is 389. The third-order valence-electron chi connectivity index (χ3n) is 4.02. The average molecular weight is 257 g/mol. The molecule has 0 saturated heterocycles. The lowest BCUT2D eigenvalue weighted by Crippen LogP contribution is -2.33. The maximum absolute atomic E-state index is 13.2. The zero-order valence-corrected chi connectivity index (χ0v) is 11.0. The Kier molecular flexibility index (Phi) is 4.00. The molecule has 1 aromatic rings. The first kappa shape index (κ1) is 13.5. The summed E-state index contributed by atoms with van der Waals surface area (Å²) in [4.78, 5) is 0. The van der Waals surface area contributed by atoms with E-state index in [9.17, 15) is 8.78 Å². The topological polar surface area (TPSA) is 29.9 Å². The maximum Gasteiger partial charge on any atom is 0.248 e. The quantitative estimate of drug-likeness (QED) is 0.877. The lowest BCUT2D eigenvalue weighted by Gasteiger charge is -2.23. The van der Waals surface area contributed by atoms with Gasteiger partial charge in [0, 0.05) is 37.8 Å². The monoisotopic (exact) mass is 257 g/mol. The summed E-state index contributed by atoms with van der Waals surface area (Å²) in [7, 11) is 3.78. The molecule has 1 aliphatic rings. The van der Waals surface area contributed by atoms with Crippen molar-refractivity contribution in [2.45, 2.75) is 44.1 Å². The molecule has 1 N–H and O–H groups in total. The van der Waals surface area contributed by atoms with Crippen LogP contribution in [-0.4, -0.2) is 28.8 Å². The van der Waals surface area contributed by atoms with Crippen LogP contribution in [0.2, 0.25) is 0 Å². The van der Waals surface area contributed by atoms with Gasteiger partial charge in [0.2, 0.25) is 5.92 Å². The molecule has 1 fully saturated rings. The SMILES string of the molecule is CNC(CCc1ccnn1C)C1CCC(F)(F)C1. The fourth-order valence-electron chi connectivity index (χ4n) is 2.89. The van der Waals surface area contributed by atoms with Crippen LogP contribution in [0, 0.1) is 5.92 Å². The van der Waals surface area contributed by atoms with Crippen LogP contribution < -0.4 is 5.32 Å². The van der Waals surface area contributed by atoms with Gasteiger partial charge in [0.25, 0.3) is 0 Å². The Morgan fingerprint density at radius 1 is 1.61 bits per heavy atom. The van der Waals surface area contributed by atoms with E-state index in [0.717, 1.165) is 18.5 Å². The van der Waals surface area contributed by atoms with Gasteiger partial charge in [0.15, 0.2) is 0 Å². The summed E-state index contributed by atoms with van der Waals surface area (Å²) in [5.41, 5.74) is 1.15. The normalized spacial score (nSPS) is 24.3. The van der Waals surface area contributed by atoms with E-state index < -0.39 is 5.92 Å². The largest absolute Gasteiger partial charge is 0.317 e. The molecule has 2 rings (SSSR count). The van der Waals surface area contributed by atoms with Crippen molar-refractivity contribution in [3.8, 4) is 0 Å². The summed E-state index contributed by atoms with van der Waals surface area (Å²) in [5.74, 6) is -2.36. The van der Waals surface area contributed by atoms with Gasteiger partial charge in [-0.25, -0.2) is 8.78 Å². The van der Waals surface area contributed by atoms with E-state index in [-0.39, 0.29) is 24.8 Å². The number of hydrogen-bond donors (Lipinski definition) is 1. The molecule has 5 heteroatoms. The summed E-state index contributed by atoms with van der Waals surface area (Å²) in [6.45, 7) is 0. The van der Waals surface area contributed by atoms with Crippen LogP contribution in [0.25, 0.3) is 0 Å². The van der Waals surface area contributed by atoms with Crippen LogP contribution in [0.5, 0.6) is 0 Å². The Balaban J connectivity index is 1.88. The summed E-state index contributed by atoms with van der Waals surface area (Å²) in [5, 5.41) is 7.32. The van der Waals surface area contributed by atoms with Gasteiger partial charge in [-0.1, -0.05) is 0 Å². The number of aryl methyl sites for hydroxylation is 2. The molecule has 1 heterocycles. The van der Waals surface area contributed by atoms with Gasteiger partial charge in [0.05, 0.1) is 0 Å². The van der Waals surface area contributed by atoms with Crippen molar-refractivity contribution in [2.75, 3.05) is 7.05 Å². The van der Waals surface area contributed by atoms with Gasteiger partial charge in [0.1, 0.15) is 0 Å². The Labute approximate surface area is 107 Å². The van der Waals surface area contributed by atoms with Gasteiger partial charge in [-0.05, 0) is 38.3 Å². The summed E-state index contributed by atoms with van der Waals surface area (Å²) in [6, 6.07) is 2.16. The Morgan fingerprint density at radius 2 is 2.39 bits per heavy atom. The summed E-state index contributed by atoms with van der Waals surface area (Å²) >= 11 is 0. The molecule has 2 unspecified atom stereocenters. The van der Waals surface area contributed by atoms with Crippen molar-refractivity contribution in [3.05, 3.63) is 18.0 Å². The van der Waals surface area contributed by atoms with Crippen molar-refractivity contribution in [3.63, 3.8) is 0 Å². The molecule has 0 radical (unpaired) electrons. The first-order valence-electron chi connectivity index (χ1n) is 6.54. The number of rotatable bonds is 5. The van der Waals surface area contributed by atoms with E-state index in [1.54, 1.807) is 6.20 Å². The third kappa shape index (κ3) is 3.07. The van der Waals surface area contributed by atoms with Gasteiger partial charge in [-0.15, -0.1) is 0 Å². The van der Waals surface area contributed by atoms with E-state index in [1.165, 1.54) is 0 Å². The minimum atomic E-state index is -2.45. The minimum absolute atomic E-state index is 0.0316. The lowest BCUT2D eigenvalue weighted by molar-refractivity contribution is 0.00329. The van der Waals surface area contributed by atoms with Crippen molar-refractivity contribution < 1.29 is 8.78 Å². The predicted molar refractivity (Wildman–Crippen MR) is 66.7 cm³/mol. The van der Waals surface area contributed by atoms with Crippen molar-refractivity contribution in [1.29, 1.82) is 0 Å². The molecular weight excluding hydrogens is 236 g/mol.